The molecule has 0 bridgehead atoms. The molecule has 2 N–H and O–H groups in total. The molecule has 20 heavy (non-hydrogen) atoms. The highest BCUT2D eigenvalue weighted by atomic mass is 16.5. The number of carbonyl (C=O) groups excluding carboxylic acids is 1. The zero-order valence-corrected chi connectivity index (χ0v) is 11.9. The largest absolute Gasteiger partial charge is 0.495 e. The Balaban J connectivity index is 2.19. The Kier molecular flexibility index (Phi) is 4.61. The normalized spacial score (nSPS) is 14.9. The highest BCUT2D eigenvalue weighted by molar-refractivity contribution is 5.98. The molecule has 5 nitrogen and oxygen atoms in total. The predicted octanol–water partition coefficient (Wildman–Crippen LogP) is 3.06. The standard InChI is InChI=1S/C15H20N2O3/c1-19-13-8-7-11(15(18)20-2)9-12(13)17-14(16)10-5-3-4-6-10/h7-10H,3-6H2,1-2H3,(H2,16,17). The van der Waals surface area contributed by atoms with Gasteiger partial charge in [0.15, 0.2) is 0 Å². The molecule has 0 aliphatic heterocycles. The van der Waals surface area contributed by atoms with Gasteiger partial charge in [0.1, 0.15) is 11.6 Å². The fourth-order valence-corrected chi connectivity index (χ4v) is 2.51. The monoisotopic (exact) mass is 276 g/mol. The number of hydrogen-bond acceptors (Lipinski definition) is 4. The van der Waals surface area contributed by atoms with E-state index in [1.165, 1.54) is 20.0 Å². The fourth-order valence-electron chi connectivity index (χ4n) is 2.51. The van der Waals surface area contributed by atoms with Crippen molar-refractivity contribution in [2.45, 2.75) is 25.7 Å². The first kappa shape index (κ1) is 14.4. The smallest absolute Gasteiger partial charge is 0.337 e. The van der Waals surface area contributed by atoms with Crippen molar-refractivity contribution in [1.29, 1.82) is 5.41 Å². The lowest BCUT2D eigenvalue weighted by Crippen LogP contribution is -2.20. The summed E-state index contributed by atoms with van der Waals surface area (Å²) < 4.78 is 9.97. The van der Waals surface area contributed by atoms with Crippen LogP contribution in [0.5, 0.6) is 5.75 Å². The summed E-state index contributed by atoms with van der Waals surface area (Å²) in [7, 11) is 2.91. The van der Waals surface area contributed by atoms with E-state index in [0.717, 1.165) is 12.8 Å². The van der Waals surface area contributed by atoms with E-state index in [-0.39, 0.29) is 5.92 Å². The molecule has 1 aliphatic rings. The predicted molar refractivity (Wildman–Crippen MR) is 77.6 cm³/mol. The minimum atomic E-state index is -0.400. The highest BCUT2D eigenvalue weighted by Crippen LogP contribution is 2.30. The van der Waals surface area contributed by atoms with Gasteiger partial charge < -0.3 is 14.8 Å². The first-order chi connectivity index (χ1) is 9.65. The number of esters is 1. The Morgan fingerprint density at radius 3 is 2.60 bits per heavy atom. The number of nitrogens with one attached hydrogen (secondary N) is 2. The quantitative estimate of drug-likeness (QED) is 0.503. The maximum absolute atomic E-state index is 11.6. The average Bonchev–Trinajstić information content (AvgIpc) is 3.00. The van der Waals surface area contributed by atoms with Gasteiger partial charge in [-0.25, -0.2) is 4.79 Å². The van der Waals surface area contributed by atoms with Crippen molar-refractivity contribution < 1.29 is 14.3 Å². The van der Waals surface area contributed by atoms with Gasteiger partial charge in [0.2, 0.25) is 0 Å². The molecule has 0 spiro atoms. The molecule has 0 saturated heterocycles. The molecule has 1 aromatic rings. The number of amidine groups is 1. The molecule has 0 amide bonds. The van der Waals surface area contributed by atoms with E-state index < -0.39 is 5.97 Å². The van der Waals surface area contributed by atoms with Gasteiger partial charge in [0.25, 0.3) is 0 Å². The van der Waals surface area contributed by atoms with Crippen LogP contribution in [0.2, 0.25) is 0 Å². The van der Waals surface area contributed by atoms with Crippen LogP contribution in [0.3, 0.4) is 0 Å². The van der Waals surface area contributed by atoms with Crippen LogP contribution in [0.4, 0.5) is 5.69 Å². The second-order valence-electron chi connectivity index (χ2n) is 4.93. The summed E-state index contributed by atoms with van der Waals surface area (Å²) >= 11 is 0. The van der Waals surface area contributed by atoms with Crippen LogP contribution in [-0.2, 0) is 4.74 Å². The average molecular weight is 276 g/mol. The summed E-state index contributed by atoms with van der Waals surface area (Å²) in [5, 5.41) is 11.2. The van der Waals surface area contributed by atoms with Crippen molar-refractivity contribution >= 4 is 17.5 Å². The number of hydrogen-bond donors (Lipinski definition) is 2. The van der Waals surface area contributed by atoms with Gasteiger partial charge in [-0.1, -0.05) is 12.8 Å². The van der Waals surface area contributed by atoms with Crippen LogP contribution in [0.1, 0.15) is 36.0 Å². The summed E-state index contributed by atoms with van der Waals surface area (Å²) in [6.07, 6.45) is 4.44. The zero-order chi connectivity index (χ0) is 14.5. The van der Waals surface area contributed by atoms with E-state index in [1.54, 1.807) is 25.3 Å². The topological polar surface area (TPSA) is 71.4 Å². The van der Waals surface area contributed by atoms with Gasteiger partial charge in [-0.3, -0.25) is 5.41 Å². The van der Waals surface area contributed by atoms with Gasteiger partial charge in [-0.2, -0.15) is 0 Å². The molecule has 0 aromatic heterocycles. The van der Waals surface area contributed by atoms with Crippen molar-refractivity contribution in [3.8, 4) is 5.75 Å². The molecular formula is C15H20N2O3. The summed E-state index contributed by atoms with van der Waals surface area (Å²) in [5.41, 5.74) is 1.07. The number of benzene rings is 1. The van der Waals surface area contributed by atoms with E-state index in [0.29, 0.717) is 22.8 Å². The third kappa shape index (κ3) is 3.10. The molecule has 1 aliphatic carbocycles. The summed E-state index contributed by atoms with van der Waals surface area (Å²) in [6.45, 7) is 0. The van der Waals surface area contributed by atoms with Gasteiger partial charge in [-0.05, 0) is 31.0 Å². The number of methoxy groups -OCH3 is 2. The van der Waals surface area contributed by atoms with E-state index in [2.05, 4.69) is 5.32 Å². The van der Waals surface area contributed by atoms with Crippen molar-refractivity contribution in [3.63, 3.8) is 0 Å². The number of carbonyl (C=O) groups is 1. The number of rotatable bonds is 4. The highest BCUT2D eigenvalue weighted by Gasteiger charge is 2.21. The van der Waals surface area contributed by atoms with Gasteiger partial charge in [0.05, 0.1) is 25.5 Å². The van der Waals surface area contributed by atoms with Crippen LogP contribution in [-0.4, -0.2) is 26.0 Å². The first-order valence-electron chi connectivity index (χ1n) is 6.77. The van der Waals surface area contributed by atoms with Gasteiger partial charge >= 0.3 is 5.97 Å². The lowest BCUT2D eigenvalue weighted by atomic mass is 10.1. The van der Waals surface area contributed by atoms with Crippen LogP contribution >= 0.6 is 0 Å². The van der Waals surface area contributed by atoms with E-state index >= 15 is 0 Å². The van der Waals surface area contributed by atoms with E-state index in [9.17, 15) is 4.79 Å². The van der Waals surface area contributed by atoms with Gasteiger partial charge in [0, 0.05) is 5.92 Å². The summed E-state index contributed by atoms with van der Waals surface area (Å²) in [5.74, 6) is 0.979. The molecule has 0 radical (unpaired) electrons. The molecule has 0 unspecified atom stereocenters. The third-order valence-electron chi connectivity index (χ3n) is 3.65. The molecular weight excluding hydrogens is 256 g/mol. The molecule has 108 valence electrons. The molecule has 1 fully saturated rings. The Hall–Kier alpha value is -2.04. The van der Waals surface area contributed by atoms with Crippen molar-refractivity contribution in [1.82, 2.24) is 0 Å². The SMILES string of the molecule is COC(=O)c1ccc(OC)c(NC(=N)C2CCCC2)c1. The second kappa shape index (κ2) is 6.41. The molecule has 1 saturated carbocycles. The van der Waals surface area contributed by atoms with E-state index in [1.807, 2.05) is 0 Å². The molecule has 0 heterocycles. The fraction of sp³-hybridized carbons (Fsp3) is 0.467. The zero-order valence-electron chi connectivity index (χ0n) is 11.9. The summed E-state index contributed by atoms with van der Waals surface area (Å²) in [4.78, 5) is 11.6. The third-order valence-corrected chi connectivity index (χ3v) is 3.65. The number of anilines is 1. The maximum Gasteiger partial charge on any atom is 0.337 e. The molecule has 1 aromatic carbocycles. The minimum Gasteiger partial charge on any atom is -0.495 e. The van der Waals surface area contributed by atoms with Crippen molar-refractivity contribution in [2.75, 3.05) is 19.5 Å². The van der Waals surface area contributed by atoms with Crippen LogP contribution in [0, 0.1) is 11.3 Å². The lowest BCUT2D eigenvalue weighted by molar-refractivity contribution is 0.0601. The molecule has 2 rings (SSSR count). The Bertz CT molecular complexity index is 508. The summed E-state index contributed by atoms with van der Waals surface area (Å²) in [6, 6.07) is 5.01. The van der Waals surface area contributed by atoms with Crippen molar-refractivity contribution in [2.24, 2.45) is 5.92 Å². The number of ether oxygens (including phenoxy) is 2. The molecule has 5 heteroatoms. The van der Waals surface area contributed by atoms with Crippen molar-refractivity contribution in [3.05, 3.63) is 23.8 Å². The Morgan fingerprint density at radius 1 is 1.30 bits per heavy atom. The van der Waals surface area contributed by atoms with Crippen LogP contribution in [0.25, 0.3) is 0 Å². The Labute approximate surface area is 118 Å². The minimum absolute atomic E-state index is 0.279. The van der Waals surface area contributed by atoms with Crippen LogP contribution < -0.4 is 10.1 Å². The second-order valence-corrected chi connectivity index (χ2v) is 4.93. The molecule has 0 atom stereocenters. The van der Waals surface area contributed by atoms with E-state index in [4.69, 9.17) is 14.9 Å². The van der Waals surface area contributed by atoms with Crippen LogP contribution in [0.15, 0.2) is 18.2 Å². The lowest BCUT2D eigenvalue weighted by Gasteiger charge is -2.16. The first-order valence-corrected chi connectivity index (χ1v) is 6.77. The van der Waals surface area contributed by atoms with Gasteiger partial charge in [-0.15, -0.1) is 0 Å². The Morgan fingerprint density at radius 2 is 2.00 bits per heavy atom. The maximum atomic E-state index is 11.6.